The average molecular weight is 184 g/mol. The van der Waals surface area contributed by atoms with Crippen LogP contribution in [0, 0.1) is 0 Å². The summed E-state index contributed by atoms with van der Waals surface area (Å²) in [6.45, 7) is 4.85. The van der Waals surface area contributed by atoms with E-state index in [9.17, 15) is 4.79 Å². The second kappa shape index (κ2) is 9.26. The van der Waals surface area contributed by atoms with Crippen LogP contribution in [0.15, 0.2) is 12.7 Å². The minimum Gasteiger partial charge on any atom is -0.353 e. The van der Waals surface area contributed by atoms with Crippen LogP contribution in [0.5, 0.6) is 0 Å². The molecule has 0 spiro atoms. The number of nitrogens with two attached hydrogens (primary N) is 1. The van der Waals surface area contributed by atoms with E-state index in [0.717, 1.165) is 32.2 Å². The third-order valence-electron chi connectivity index (χ3n) is 1.80. The molecule has 0 rings (SSSR count). The number of hydrogen-bond donors (Lipinski definition) is 2. The van der Waals surface area contributed by atoms with E-state index in [1.807, 2.05) is 0 Å². The number of amides is 1. The van der Waals surface area contributed by atoms with Crippen molar-refractivity contribution in [3.05, 3.63) is 12.7 Å². The molecule has 3 N–H and O–H groups in total. The summed E-state index contributed by atoms with van der Waals surface area (Å²) in [6, 6.07) is 0. The van der Waals surface area contributed by atoms with Crippen LogP contribution in [0.2, 0.25) is 0 Å². The molecule has 0 saturated carbocycles. The molecule has 13 heavy (non-hydrogen) atoms. The fourth-order valence-corrected chi connectivity index (χ4v) is 1.06. The molecule has 0 aliphatic heterocycles. The highest BCUT2D eigenvalue weighted by molar-refractivity contribution is 5.75. The van der Waals surface area contributed by atoms with Gasteiger partial charge in [-0.3, -0.25) is 4.79 Å². The van der Waals surface area contributed by atoms with Crippen LogP contribution >= 0.6 is 0 Å². The van der Waals surface area contributed by atoms with Gasteiger partial charge in [0.05, 0.1) is 0 Å². The molecular weight excluding hydrogens is 164 g/mol. The predicted molar refractivity (Wildman–Crippen MR) is 55.3 cm³/mol. The highest BCUT2D eigenvalue weighted by Gasteiger charge is 1.97. The van der Waals surface area contributed by atoms with Crippen LogP contribution in [0.25, 0.3) is 0 Å². The third kappa shape index (κ3) is 9.08. The van der Waals surface area contributed by atoms with Crippen LogP contribution in [0.4, 0.5) is 0 Å². The molecule has 0 radical (unpaired) electrons. The minimum absolute atomic E-state index is 0.118. The fraction of sp³-hybridized carbons (Fsp3) is 0.700. The summed E-state index contributed by atoms with van der Waals surface area (Å²) in [6.07, 6.45) is 6.56. The molecule has 0 unspecified atom stereocenters. The molecular formula is C10H20N2O. The molecule has 0 saturated heterocycles. The lowest BCUT2D eigenvalue weighted by molar-refractivity contribution is -0.121. The van der Waals surface area contributed by atoms with E-state index < -0.39 is 0 Å². The lowest BCUT2D eigenvalue weighted by Crippen LogP contribution is -2.22. The van der Waals surface area contributed by atoms with Crippen LogP contribution < -0.4 is 11.1 Å². The van der Waals surface area contributed by atoms with Crippen molar-refractivity contribution < 1.29 is 4.79 Å². The molecule has 0 heterocycles. The van der Waals surface area contributed by atoms with Crippen molar-refractivity contribution in [1.29, 1.82) is 0 Å². The zero-order valence-electron chi connectivity index (χ0n) is 8.22. The Morgan fingerprint density at radius 2 is 2.00 bits per heavy atom. The first kappa shape index (κ1) is 12.2. The van der Waals surface area contributed by atoms with Gasteiger partial charge in [-0.2, -0.15) is 0 Å². The first-order valence-electron chi connectivity index (χ1n) is 4.89. The van der Waals surface area contributed by atoms with Gasteiger partial charge in [0.2, 0.25) is 5.91 Å². The first-order valence-corrected chi connectivity index (χ1v) is 4.89. The van der Waals surface area contributed by atoms with E-state index in [1.165, 1.54) is 0 Å². The van der Waals surface area contributed by atoms with Gasteiger partial charge < -0.3 is 11.1 Å². The van der Waals surface area contributed by atoms with Gasteiger partial charge in [-0.05, 0) is 19.4 Å². The number of hydrogen-bond acceptors (Lipinski definition) is 2. The Bertz CT molecular complexity index is 146. The van der Waals surface area contributed by atoms with E-state index in [0.29, 0.717) is 13.0 Å². The smallest absolute Gasteiger partial charge is 0.220 e. The minimum atomic E-state index is 0.118. The number of carbonyl (C=O) groups excluding carboxylic acids is 1. The molecule has 0 aromatic carbocycles. The van der Waals surface area contributed by atoms with Gasteiger partial charge in [0, 0.05) is 13.0 Å². The van der Waals surface area contributed by atoms with Crippen LogP contribution in [-0.4, -0.2) is 19.0 Å². The van der Waals surface area contributed by atoms with E-state index in [1.54, 1.807) is 6.08 Å². The normalized spacial score (nSPS) is 9.62. The van der Waals surface area contributed by atoms with Crippen molar-refractivity contribution in [2.45, 2.75) is 32.1 Å². The van der Waals surface area contributed by atoms with Gasteiger partial charge in [0.1, 0.15) is 0 Å². The van der Waals surface area contributed by atoms with Crippen molar-refractivity contribution in [3.63, 3.8) is 0 Å². The summed E-state index contributed by atoms with van der Waals surface area (Å²) in [5.41, 5.74) is 5.35. The summed E-state index contributed by atoms with van der Waals surface area (Å²) in [5, 5.41) is 2.74. The third-order valence-corrected chi connectivity index (χ3v) is 1.80. The number of unbranched alkanes of at least 4 members (excludes halogenated alkanes) is 3. The molecule has 1 amide bonds. The van der Waals surface area contributed by atoms with Gasteiger partial charge in [-0.15, -0.1) is 6.58 Å². The molecule has 3 heteroatoms. The second-order valence-corrected chi connectivity index (χ2v) is 3.05. The summed E-state index contributed by atoms with van der Waals surface area (Å²) >= 11 is 0. The topological polar surface area (TPSA) is 55.1 Å². The van der Waals surface area contributed by atoms with Gasteiger partial charge >= 0.3 is 0 Å². The Labute approximate surface area is 80.4 Å². The first-order chi connectivity index (χ1) is 6.31. The molecule has 0 aromatic rings. The van der Waals surface area contributed by atoms with Crippen molar-refractivity contribution in [3.8, 4) is 0 Å². The Balaban J connectivity index is 3.12. The van der Waals surface area contributed by atoms with Gasteiger partial charge in [-0.1, -0.05) is 18.9 Å². The molecule has 0 aliphatic carbocycles. The maximum absolute atomic E-state index is 11.1. The summed E-state index contributed by atoms with van der Waals surface area (Å²) in [4.78, 5) is 11.1. The van der Waals surface area contributed by atoms with Crippen LogP contribution in [-0.2, 0) is 4.79 Å². The van der Waals surface area contributed by atoms with Crippen molar-refractivity contribution in [2.75, 3.05) is 13.1 Å². The number of nitrogens with one attached hydrogen (secondary N) is 1. The van der Waals surface area contributed by atoms with Crippen molar-refractivity contribution in [2.24, 2.45) is 5.73 Å². The van der Waals surface area contributed by atoms with E-state index in [2.05, 4.69) is 11.9 Å². The zero-order valence-corrected chi connectivity index (χ0v) is 8.22. The van der Waals surface area contributed by atoms with Crippen molar-refractivity contribution >= 4 is 5.91 Å². The average Bonchev–Trinajstić information content (AvgIpc) is 2.14. The molecule has 0 aliphatic rings. The quantitative estimate of drug-likeness (QED) is 0.440. The van der Waals surface area contributed by atoms with Gasteiger partial charge in [0.15, 0.2) is 0 Å². The predicted octanol–water partition coefficient (Wildman–Crippen LogP) is 1.20. The Morgan fingerprint density at radius 3 is 2.62 bits per heavy atom. The molecule has 0 bridgehead atoms. The molecule has 3 nitrogen and oxygen atoms in total. The summed E-state index contributed by atoms with van der Waals surface area (Å²) in [7, 11) is 0. The molecule has 76 valence electrons. The fourth-order valence-electron chi connectivity index (χ4n) is 1.06. The van der Waals surface area contributed by atoms with E-state index >= 15 is 0 Å². The van der Waals surface area contributed by atoms with E-state index in [-0.39, 0.29) is 5.91 Å². The van der Waals surface area contributed by atoms with Crippen molar-refractivity contribution in [1.82, 2.24) is 5.32 Å². The maximum atomic E-state index is 11.1. The highest BCUT2D eigenvalue weighted by atomic mass is 16.1. The highest BCUT2D eigenvalue weighted by Crippen LogP contribution is 2.01. The van der Waals surface area contributed by atoms with Gasteiger partial charge in [-0.25, -0.2) is 0 Å². The number of carbonyl (C=O) groups is 1. The van der Waals surface area contributed by atoms with Crippen LogP contribution in [0.3, 0.4) is 0 Å². The zero-order chi connectivity index (χ0) is 9.94. The lowest BCUT2D eigenvalue weighted by atomic mass is 10.1. The Hall–Kier alpha value is -0.830. The molecule has 0 atom stereocenters. The Kier molecular flexibility index (Phi) is 8.67. The molecule has 0 aromatic heterocycles. The summed E-state index contributed by atoms with van der Waals surface area (Å²) in [5.74, 6) is 0.118. The largest absolute Gasteiger partial charge is 0.353 e. The molecule has 0 fully saturated rings. The Morgan fingerprint density at radius 1 is 1.31 bits per heavy atom. The van der Waals surface area contributed by atoms with Crippen LogP contribution in [0.1, 0.15) is 32.1 Å². The monoisotopic (exact) mass is 184 g/mol. The second-order valence-electron chi connectivity index (χ2n) is 3.05. The SMILES string of the molecule is C=CCNC(=O)CCCCCCN. The maximum Gasteiger partial charge on any atom is 0.220 e. The lowest BCUT2D eigenvalue weighted by Gasteiger charge is -2.01. The standard InChI is InChI=1S/C10H20N2O/c1-2-9-12-10(13)7-5-3-4-6-8-11/h2H,1,3-9,11H2,(H,12,13). The number of rotatable bonds is 8. The van der Waals surface area contributed by atoms with E-state index in [4.69, 9.17) is 5.73 Å². The summed E-state index contributed by atoms with van der Waals surface area (Å²) < 4.78 is 0. The van der Waals surface area contributed by atoms with Gasteiger partial charge in [0.25, 0.3) is 0 Å².